The molecule has 0 fully saturated rings. The molecule has 0 aliphatic rings. The second-order valence-corrected chi connectivity index (χ2v) is 4.16. The van der Waals surface area contributed by atoms with Crippen LogP contribution in [0.15, 0.2) is 18.2 Å². The van der Waals surface area contributed by atoms with Crippen molar-refractivity contribution in [3.8, 4) is 5.75 Å². The lowest BCUT2D eigenvalue weighted by molar-refractivity contribution is 0.158. The first kappa shape index (κ1) is 13.9. The van der Waals surface area contributed by atoms with Crippen molar-refractivity contribution in [3.63, 3.8) is 0 Å². The van der Waals surface area contributed by atoms with Crippen LogP contribution in [-0.2, 0) is 11.3 Å². The molecule has 0 aliphatic carbocycles. The van der Waals surface area contributed by atoms with Gasteiger partial charge in [-0.15, -0.1) is 0 Å². The fourth-order valence-corrected chi connectivity index (χ4v) is 1.63. The summed E-state index contributed by atoms with van der Waals surface area (Å²) in [7, 11) is 3.15. The van der Waals surface area contributed by atoms with E-state index in [1.165, 1.54) is 13.2 Å². The van der Waals surface area contributed by atoms with Gasteiger partial charge in [-0.3, -0.25) is 0 Å². The lowest BCUT2D eigenvalue weighted by atomic mass is 10.1. The van der Waals surface area contributed by atoms with E-state index in [4.69, 9.17) is 9.47 Å². The number of rotatable bonds is 7. The van der Waals surface area contributed by atoms with Crippen LogP contribution in [0.1, 0.15) is 12.5 Å². The number of nitrogens with one attached hydrogen (secondary N) is 1. The third kappa shape index (κ3) is 4.71. The minimum Gasteiger partial charge on any atom is -0.494 e. The van der Waals surface area contributed by atoms with Gasteiger partial charge < -0.3 is 14.8 Å². The molecule has 0 heterocycles. The summed E-state index contributed by atoms with van der Waals surface area (Å²) in [6.07, 6.45) is 0. The van der Waals surface area contributed by atoms with Gasteiger partial charge in [0, 0.05) is 26.8 Å². The van der Waals surface area contributed by atoms with E-state index in [0.717, 1.165) is 18.7 Å². The second-order valence-electron chi connectivity index (χ2n) is 4.16. The van der Waals surface area contributed by atoms with Gasteiger partial charge in [0.2, 0.25) is 0 Å². The molecule has 0 aliphatic heterocycles. The Hall–Kier alpha value is -1.13. The zero-order valence-corrected chi connectivity index (χ0v) is 10.6. The number of ether oxygens (including phenoxy) is 2. The first-order valence-corrected chi connectivity index (χ1v) is 5.69. The van der Waals surface area contributed by atoms with Gasteiger partial charge in [-0.05, 0) is 23.6 Å². The van der Waals surface area contributed by atoms with E-state index in [1.54, 1.807) is 13.2 Å². The van der Waals surface area contributed by atoms with Gasteiger partial charge in [-0.25, -0.2) is 4.39 Å². The number of hydrogen-bond donors (Lipinski definition) is 1. The van der Waals surface area contributed by atoms with Crippen molar-refractivity contribution in [1.29, 1.82) is 0 Å². The largest absolute Gasteiger partial charge is 0.494 e. The number of methoxy groups -OCH3 is 2. The van der Waals surface area contributed by atoms with Crippen molar-refractivity contribution in [2.75, 3.05) is 27.4 Å². The molecule has 0 saturated heterocycles. The van der Waals surface area contributed by atoms with Crippen molar-refractivity contribution in [2.24, 2.45) is 5.92 Å². The minimum absolute atomic E-state index is 0.279. The van der Waals surface area contributed by atoms with Gasteiger partial charge in [0.25, 0.3) is 0 Å². The summed E-state index contributed by atoms with van der Waals surface area (Å²) in [6, 6.07) is 4.99. The Bertz CT molecular complexity index is 344. The number of benzene rings is 1. The highest BCUT2D eigenvalue weighted by molar-refractivity contribution is 5.29. The highest BCUT2D eigenvalue weighted by Crippen LogP contribution is 2.17. The SMILES string of the molecule is COCC(C)CNCc1ccc(OC)c(F)c1. The van der Waals surface area contributed by atoms with Crippen molar-refractivity contribution in [1.82, 2.24) is 5.32 Å². The van der Waals surface area contributed by atoms with Crippen molar-refractivity contribution >= 4 is 0 Å². The third-order valence-corrected chi connectivity index (χ3v) is 2.49. The fraction of sp³-hybridized carbons (Fsp3) is 0.538. The Morgan fingerprint density at radius 3 is 2.71 bits per heavy atom. The van der Waals surface area contributed by atoms with Crippen LogP contribution < -0.4 is 10.1 Å². The van der Waals surface area contributed by atoms with E-state index in [1.807, 2.05) is 6.07 Å². The summed E-state index contributed by atoms with van der Waals surface area (Å²) in [5.41, 5.74) is 0.910. The minimum atomic E-state index is -0.322. The molecule has 1 rings (SSSR count). The molecule has 1 atom stereocenters. The Labute approximate surface area is 102 Å². The predicted molar refractivity (Wildman–Crippen MR) is 65.7 cm³/mol. The summed E-state index contributed by atoms with van der Waals surface area (Å²) in [4.78, 5) is 0. The van der Waals surface area contributed by atoms with Crippen LogP contribution in [0, 0.1) is 11.7 Å². The summed E-state index contributed by atoms with van der Waals surface area (Å²) >= 11 is 0. The zero-order chi connectivity index (χ0) is 12.7. The van der Waals surface area contributed by atoms with Gasteiger partial charge in [0.05, 0.1) is 7.11 Å². The molecule has 3 nitrogen and oxygen atoms in total. The summed E-state index contributed by atoms with van der Waals surface area (Å²) in [6.45, 7) is 4.32. The fourth-order valence-electron chi connectivity index (χ4n) is 1.63. The van der Waals surface area contributed by atoms with Crippen LogP contribution in [0.5, 0.6) is 5.75 Å². The maximum atomic E-state index is 13.4. The molecule has 1 aromatic carbocycles. The maximum Gasteiger partial charge on any atom is 0.165 e. The van der Waals surface area contributed by atoms with Gasteiger partial charge in [0.1, 0.15) is 0 Å². The molecule has 1 unspecified atom stereocenters. The average Bonchev–Trinajstić information content (AvgIpc) is 2.29. The Kier molecular flexibility index (Phi) is 5.94. The molecular formula is C13H20FNO2. The number of hydrogen-bond acceptors (Lipinski definition) is 3. The van der Waals surface area contributed by atoms with Gasteiger partial charge in [0.15, 0.2) is 11.6 Å². The van der Waals surface area contributed by atoms with Crippen LogP contribution in [0.3, 0.4) is 0 Å². The van der Waals surface area contributed by atoms with Crippen molar-refractivity contribution in [3.05, 3.63) is 29.6 Å². The molecular weight excluding hydrogens is 221 g/mol. The van der Waals surface area contributed by atoms with Crippen LogP contribution in [-0.4, -0.2) is 27.4 Å². The average molecular weight is 241 g/mol. The highest BCUT2D eigenvalue weighted by atomic mass is 19.1. The zero-order valence-electron chi connectivity index (χ0n) is 10.6. The van der Waals surface area contributed by atoms with E-state index < -0.39 is 0 Å². The molecule has 0 saturated carbocycles. The van der Waals surface area contributed by atoms with E-state index in [-0.39, 0.29) is 11.6 Å². The first-order chi connectivity index (χ1) is 8.17. The van der Waals surface area contributed by atoms with Gasteiger partial charge in [-0.1, -0.05) is 13.0 Å². The Balaban J connectivity index is 2.39. The molecule has 0 radical (unpaired) electrons. The van der Waals surface area contributed by atoms with Gasteiger partial charge in [-0.2, -0.15) is 0 Å². The molecule has 4 heteroatoms. The summed E-state index contributed by atoms with van der Waals surface area (Å²) in [5.74, 6) is 0.404. The summed E-state index contributed by atoms with van der Waals surface area (Å²) < 4.78 is 23.3. The lowest BCUT2D eigenvalue weighted by Crippen LogP contribution is -2.23. The highest BCUT2D eigenvalue weighted by Gasteiger charge is 2.04. The molecule has 1 aromatic rings. The van der Waals surface area contributed by atoms with E-state index in [0.29, 0.717) is 12.5 Å². The lowest BCUT2D eigenvalue weighted by Gasteiger charge is -2.11. The van der Waals surface area contributed by atoms with Crippen LogP contribution in [0.25, 0.3) is 0 Å². The van der Waals surface area contributed by atoms with Crippen LogP contribution >= 0.6 is 0 Å². The Morgan fingerprint density at radius 2 is 2.12 bits per heavy atom. The van der Waals surface area contributed by atoms with Crippen molar-refractivity contribution in [2.45, 2.75) is 13.5 Å². The molecule has 0 spiro atoms. The molecule has 96 valence electrons. The van der Waals surface area contributed by atoms with E-state index in [2.05, 4.69) is 12.2 Å². The smallest absolute Gasteiger partial charge is 0.165 e. The standard InChI is InChI=1S/C13H20FNO2/c1-10(9-16-2)7-15-8-11-4-5-13(17-3)12(14)6-11/h4-6,10,15H,7-9H2,1-3H3. The molecule has 0 amide bonds. The quantitative estimate of drug-likeness (QED) is 0.794. The van der Waals surface area contributed by atoms with Crippen LogP contribution in [0.2, 0.25) is 0 Å². The molecule has 17 heavy (non-hydrogen) atoms. The predicted octanol–water partition coefficient (Wildman–Crippen LogP) is 2.21. The summed E-state index contributed by atoms with van der Waals surface area (Å²) in [5, 5.41) is 3.26. The molecule has 0 aromatic heterocycles. The van der Waals surface area contributed by atoms with E-state index >= 15 is 0 Å². The second kappa shape index (κ2) is 7.25. The van der Waals surface area contributed by atoms with Crippen LogP contribution in [0.4, 0.5) is 4.39 Å². The van der Waals surface area contributed by atoms with E-state index in [9.17, 15) is 4.39 Å². The maximum absolute atomic E-state index is 13.4. The van der Waals surface area contributed by atoms with Crippen molar-refractivity contribution < 1.29 is 13.9 Å². The molecule has 0 bridgehead atoms. The molecule has 1 N–H and O–H groups in total. The van der Waals surface area contributed by atoms with Gasteiger partial charge >= 0.3 is 0 Å². The topological polar surface area (TPSA) is 30.5 Å². The number of halogens is 1. The first-order valence-electron chi connectivity index (χ1n) is 5.69. The normalized spacial score (nSPS) is 12.5. The Morgan fingerprint density at radius 1 is 1.35 bits per heavy atom. The third-order valence-electron chi connectivity index (χ3n) is 2.49. The monoisotopic (exact) mass is 241 g/mol.